The Morgan fingerprint density at radius 3 is 2.41 bits per heavy atom. The van der Waals surface area contributed by atoms with Crippen LogP contribution in [0.3, 0.4) is 0 Å². The Kier molecular flexibility index (Phi) is 8.04. The minimum Gasteiger partial charge on any atom is -0.380 e. The third-order valence-electron chi connectivity index (χ3n) is 3.27. The van der Waals surface area contributed by atoms with Crippen molar-refractivity contribution in [3.05, 3.63) is 50.6 Å². The Balaban J connectivity index is 2.14. The fraction of sp³-hybridized carbons (Fsp3) is 0.250. The fourth-order valence-electron chi connectivity index (χ4n) is 2.03. The lowest BCUT2D eigenvalue weighted by Gasteiger charge is -2.14. The molecule has 2 aromatic rings. The number of hydrogen-bond donors (Lipinski definition) is 3. The molecule has 0 heterocycles. The summed E-state index contributed by atoms with van der Waals surface area (Å²) in [7, 11) is -4.07. The molecule has 0 amide bonds. The molecule has 0 aliphatic carbocycles. The van der Waals surface area contributed by atoms with Gasteiger partial charge in [0.2, 0.25) is 0 Å². The lowest BCUT2D eigenvalue weighted by molar-refractivity contribution is 0.153. The molecule has 0 aromatic heterocycles. The van der Waals surface area contributed by atoms with Crippen LogP contribution in [0.4, 0.5) is 25.8 Å². The number of nitrogens with one attached hydrogen (secondary N) is 3. The zero-order valence-corrected chi connectivity index (χ0v) is 17.9. The Bertz CT molecular complexity index is 916. The number of anilines is 3. The van der Waals surface area contributed by atoms with Crippen LogP contribution < -0.4 is 14.8 Å². The molecule has 27 heavy (non-hydrogen) atoms. The quantitative estimate of drug-likeness (QED) is 0.334. The molecular formula is C16H17ClF2IN3O3S. The molecule has 148 valence electrons. The van der Waals surface area contributed by atoms with Crippen LogP contribution in [-0.2, 0) is 14.9 Å². The van der Waals surface area contributed by atoms with Crippen LogP contribution in [0.2, 0.25) is 5.02 Å². The maximum atomic E-state index is 14.3. The van der Waals surface area contributed by atoms with Crippen molar-refractivity contribution in [3.63, 3.8) is 0 Å². The second-order valence-corrected chi connectivity index (χ2v) is 8.39. The normalized spacial score (nSPS) is 11.4. The van der Waals surface area contributed by atoms with Crippen molar-refractivity contribution in [2.45, 2.75) is 6.92 Å². The molecule has 2 aromatic carbocycles. The summed E-state index contributed by atoms with van der Waals surface area (Å²) in [6.45, 7) is 2.37. The first-order valence-electron chi connectivity index (χ1n) is 7.78. The molecule has 2 rings (SSSR count). The summed E-state index contributed by atoms with van der Waals surface area (Å²) in [4.78, 5) is 0. The minimum atomic E-state index is -4.07. The number of halogens is 4. The van der Waals surface area contributed by atoms with E-state index in [4.69, 9.17) is 16.3 Å². The van der Waals surface area contributed by atoms with E-state index in [1.807, 2.05) is 4.72 Å². The third kappa shape index (κ3) is 6.42. The molecule has 0 unspecified atom stereocenters. The predicted octanol–water partition coefficient (Wildman–Crippen LogP) is 4.25. The van der Waals surface area contributed by atoms with Gasteiger partial charge < -0.3 is 10.1 Å². The highest BCUT2D eigenvalue weighted by Gasteiger charge is 2.18. The first-order valence-corrected chi connectivity index (χ1v) is 10.7. The monoisotopic (exact) mass is 531 g/mol. The maximum absolute atomic E-state index is 14.3. The fourth-order valence-corrected chi connectivity index (χ4v) is 3.81. The van der Waals surface area contributed by atoms with E-state index in [-0.39, 0.29) is 18.8 Å². The van der Waals surface area contributed by atoms with Crippen molar-refractivity contribution in [1.82, 2.24) is 4.72 Å². The molecule has 0 radical (unpaired) electrons. The van der Waals surface area contributed by atoms with E-state index in [0.717, 1.165) is 9.64 Å². The lowest BCUT2D eigenvalue weighted by Crippen LogP contribution is -2.33. The van der Waals surface area contributed by atoms with Gasteiger partial charge in [-0.2, -0.15) is 13.1 Å². The van der Waals surface area contributed by atoms with Crippen molar-refractivity contribution < 1.29 is 21.9 Å². The number of rotatable bonds is 9. The third-order valence-corrected chi connectivity index (χ3v) is 5.33. The van der Waals surface area contributed by atoms with Gasteiger partial charge in [0.15, 0.2) is 11.6 Å². The summed E-state index contributed by atoms with van der Waals surface area (Å²) >= 11 is 8.14. The van der Waals surface area contributed by atoms with E-state index in [1.54, 1.807) is 25.1 Å². The molecule has 0 aliphatic heterocycles. The van der Waals surface area contributed by atoms with Gasteiger partial charge in [-0.25, -0.2) is 8.78 Å². The van der Waals surface area contributed by atoms with Crippen molar-refractivity contribution in [2.24, 2.45) is 0 Å². The second-order valence-electron chi connectivity index (χ2n) is 5.23. The Morgan fingerprint density at radius 1 is 1.11 bits per heavy atom. The van der Waals surface area contributed by atoms with E-state index in [1.165, 1.54) is 6.07 Å². The van der Waals surface area contributed by atoms with Crippen LogP contribution in [0, 0.1) is 15.2 Å². The van der Waals surface area contributed by atoms with Gasteiger partial charge in [-0.05, 0) is 59.8 Å². The smallest absolute Gasteiger partial charge is 0.299 e. The molecule has 0 fully saturated rings. The highest BCUT2D eigenvalue weighted by molar-refractivity contribution is 14.1. The van der Waals surface area contributed by atoms with Crippen LogP contribution in [0.25, 0.3) is 0 Å². The Hall–Kier alpha value is -1.21. The minimum absolute atomic E-state index is 0.00177. The van der Waals surface area contributed by atoms with Gasteiger partial charge in [-0.15, -0.1) is 0 Å². The number of hydrogen-bond acceptors (Lipinski definition) is 4. The molecule has 0 saturated carbocycles. The zero-order chi connectivity index (χ0) is 20.0. The first kappa shape index (κ1) is 22.1. The highest BCUT2D eigenvalue weighted by atomic mass is 127. The topological polar surface area (TPSA) is 79.5 Å². The van der Waals surface area contributed by atoms with Gasteiger partial charge in [0, 0.05) is 16.7 Å². The first-order chi connectivity index (χ1) is 12.7. The van der Waals surface area contributed by atoms with Gasteiger partial charge in [0.25, 0.3) is 10.2 Å². The molecule has 0 saturated heterocycles. The van der Waals surface area contributed by atoms with Gasteiger partial charge in [0.1, 0.15) is 0 Å². The number of ether oxygens (including phenoxy) is 1. The van der Waals surface area contributed by atoms with Crippen molar-refractivity contribution >= 4 is 61.5 Å². The van der Waals surface area contributed by atoms with Crippen LogP contribution in [0.5, 0.6) is 0 Å². The van der Waals surface area contributed by atoms with E-state index in [9.17, 15) is 17.2 Å². The van der Waals surface area contributed by atoms with E-state index in [2.05, 4.69) is 32.6 Å². The molecule has 0 aliphatic rings. The summed E-state index contributed by atoms with van der Waals surface area (Å²) in [5.41, 5.74) is -0.306. The highest BCUT2D eigenvalue weighted by Crippen LogP contribution is 2.31. The summed E-state index contributed by atoms with van der Waals surface area (Å²) in [6, 6.07) is 7.36. The molecule has 6 nitrogen and oxygen atoms in total. The van der Waals surface area contributed by atoms with Gasteiger partial charge in [-0.1, -0.05) is 11.6 Å². The Morgan fingerprint density at radius 2 is 1.74 bits per heavy atom. The standard InChI is InChI=1S/C16H17ClF2IN3O3S/c1-2-26-8-7-21-27(24,25)23-14-6-5-13(15(18)16(14)19)22-12-4-3-10(20)9-11(12)17/h3-6,9,21-23H,2,7-8H2,1H3. The van der Waals surface area contributed by atoms with Crippen LogP contribution >= 0.6 is 34.2 Å². The largest absolute Gasteiger partial charge is 0.380 e. The second kappa shape index (κ2) is 9.82. The van der Waals surface area contributed by atoms with E-state index >= 15 is 0 Å². The predicted molar refractivity (Wildman–Crippen MR) is 111 cm³/mol. The van der Waals surface area contributed by atoms with Crippen molar-refractivity contribution in [2.75, 3.05) is 29.8 Å². The van der Waals surface area contributed by atoms with Crippen LogP contribution in [0.15, 0.2) is 30.3 Å². The molecular weight excluding hydrogens is 515 g/mol. The van der Waals surface area contributed by atoms with Gasteiger partial charge >= 0.3 is 0 Å². The molecule has 11 heteroatoms. The molecule has 0 bridgehead atoms. The summed E-state index contributed by atoms with van der Waals surface area (Å²) in [6.07, 6.45) is 0. The average Bonchev–Trinajstić information content (AvgIpc) is 2.60. The zero-order valence-electron chi connectivity index (χ0n) is 14.2. The van der Waals surface area contributed by atoms with Crippen LogP contribution in [0.1, 0.15) is 6.92 Å². The summed E-state index contributed by atoms with van der Waals surface area (Å²) in [5.74, 6) is -2.57. The molecule has 0 atom stereocenters. The van der Waals surface area contributed by atoms with Crippen LogP contribution in [-0.4, -0.2) is 28.2 Å². The van der Waals surface area contributed by atoms with E-state index in [0.29, 0.717) is 17.3 Å². The van der Waals surface area contributed by atoms with Crippen molar-refractivity contribution in [3.8, 4) is 0 Å². The number of benzene rings is 2. The summed E-state index contributed by atoms with van der Waals surface area (Å²) in [5, 5.41) is 3.03. The molecule has 0 spiro atoms. The van der Waals surface area contributed by atoms with Gasteiger partial charge in [-0.3, -0.25) is 4.72 Å². The molecule has 3 N–H and O–H groups in total. The SMILES string of the molecule is CCOCCNS(=O)(=O)Nc1ccc(Nc2ccc(I)cc2Cl)c(F)c1F. The Labute approximate surface area is 175 Å². The van der Waals surface area contributed by atoms with Gasteiger partial charge in [0.05, 0.1) is 28.7 Å². The van der Waals surface area contributed by atoms with E-state index < -0.39 is 27.5 Å². The average molecular weight is 532 g/mol. The maximum Gasteiger partial charge on any atom is 0.299 e. The lowest BCUT2D eigenvalue weighted by atomic mass is 10.2. The summed E-state index contributed by atoms with van der Waals surface area (Å²) < 4.78 is 62.4. The van der Waals surface area contributed by atoms with Crippen molar-refractivity contribution in [1.29, 1.82) is 0 Å².